The van der Waals surface area contributed by atoms with Gasteiger partial charge >= 0.3 is 0 Å². The van der Waals surface area contributed by atoms with E-state index in [1.807, 2.05) is 23.2 Å². The van der Waals surface area contributed by atoms with Crippen molar-refractivity contribution in [3.05, 3.63) is 93.0 Å². The summed E-state index contributed by atoms with van der Waals surface area (Å²) in [6.45, 7) is 5.04. The summed E-state index contributed by atoms with van der Waals surface area (Å²) in [5.74, 6) is 1.55. The van der Waals surface area contributed by atoms with Crippen molar-refractivity contribution < 1.29 is 9.47 Å². The van der Waals surface area contributed by atoms with Gasteiger partial charge in [0.1, 0.15) is 11.5 Å². The standard InChI is InChI=1S/C29H30Cl2N2O2/c1-3-4-5-6-15-34-23-13-11-21(12-14-23)29-33-27(24-16-22(30)17-25(31)28(24)35-29)18-26(32-33)20-9-7-19(2)8-10-20/h7-14,16-17,27,29H,3-6,15,18H2,1-2H3/t27-,29+/m0/s1. The molecule has 0 fully saturated rings. The lowest BCUT2D eigenvalue weighted by atomic mass is 9.95. The van der Waals surface area contributed by atoms with Gasteiger partial charge in [-0.1, -0.05) is 79.2 Å². The molecule has 35 heavy (non-hydrogen) atoms. The molecular weight excluding hydrogens is 479 g/mol. The second-order valence-electron chi connectivity index (χ2n) is 9.27. The van der Waals surface area contributed by atoms with Gasteiger partial charge in [0.05, 0.1) is 23.4 Å². The molecule has 3 aromatic rings. The maximum absolute atomic E-state index is 6.59. The number of aryl methyl sites for hydroxylation is 1. The molecule has 2 aliphatic rings. The monoisotopic (exact) mass is 508 g/mol. The van der Waals surface area contributed by atoms with E-state index in [-0.39, 0.29) is 6.04 Å². The van der Waals surface area contributed by atoms with E-state index in [1.165, 1.54) is 24.8 Å². The first-order chi connectivity index (χ1) is 17.0. The fraction of sp³-hybridized carbons (Fsp3) is 0.345. The highest BCUT2D eigenvalue weighted by Gasteiger charge is 2.42. The summed E-state index contributed by atoms with van der Waals surface area (Å²) in [4.78, 5) is 0. The van der Waals surface area contributed by atoms with Gasteiger partial charge in [-0.25, -0.2) is 5.01 Å². The fourth-order valence-electron chi connectivity index (χ4n) is 4.70. The Morgan fingerprint density at radius 3 is 2.51 bits per heavy atom. The minimum Gasteiger partial charge on any atom is -0.494 e. The molecule has 0 unspecified atom stereocenters. The first-order valence-corrected chi connectivity index (χ1v) is 13.1. The number of hydrogen-bond acceptors (Lipinski definition) is 4. The number of benzene rings is 3. The number of fused-ring (bicyclic) bond motifs is 3. The van der Waals surface area contributed by atoms with Crippen LogP contribution in [0.4, 0.5) is 0 Å². The van der Waals surface area contributed by atoms with Crippen LogP contribution in [0.5, 0.6) is 11.5 Å². The van der Waals surface area contributed by atoms with Gasteiger partial charge in [-0.3, -0.25) is 0 Å². The largest absolute Gasteiger partial charge is 0.494 e. The number of hydrogen-bond donors (Lipinski definition) is 0. The number of halogens is 2. The second-order valence-corrected chi connectivity index (χ2v) is 10.1. The molecule has 0 amide bonds. The van der Waals surface area contributed by atoms with Gasteiger partial charge in [0, 0.05) is 22.6 Å². The molecule has 0 radical (unpaired) electrons. The first-order valence-electron chi connectivity index (χ1n) is 12.3. The van der Waals surface area contributed by atoms with E-state index >= 15 is 0 Å². The van der Waals surface area contributed by atoms with Crippen molar-refractivity contribution in [3.8, 4) is 11.5 Å². The molecule has 6 heteroatoms. The summed E-state index contributed by atoms with van der Waals surface area (Å²) in [5.41, 5.74) is 5.34. The molecule has 5 rings (SSSR count). The second kappa shape index (κ2) is 10.5. The van der Waals surface area contributed by atoms with Crippen molar-refractivity contribution in [1.29, 1.82) is 0 Å². The number of unbranched alkanes of at least 4 members (excludes halogenated alkanes) is 3. The van der Waals surface area contributed by atoms with E-state index in [2.05, 4.69) is 50.2 Å². The third-order valence-electron chi connectivity index (χ3n) is 6.62. The van der Waals surface area contributed by atoms with Gasteiger partial charge in [0.2, 0.25) is 6.23 Å². The lowest BCUT2D eigenvalue weighted by Crippen LogP contribution is -2.33. The molecule has 4 nitrogen and oxygen atoms in total. The van der Waals surface area contributed by atoms with Crippen molar-refractivity contribution in [2.75, 3.05) is 6.61 Å². The van der Waals surface area contributed by atoms with Crippen molar-refractivity contribution in [2.24, 2.45) is 5.10 Å². The lowest BCUT2D eigenvalue weighted by molar-refractivity contribution is -0.0189. The maximum Gasteiger partial charge on any atom is 0.213 e. The summed E-state index contributed by atoms with van der Waals surface area (Å²) < 4.78 is 12.4. The number of nitrogens with zero attached hydrogens (tertiary/aromatic N) is 2. The predicted octanol–water partition coefficient (Wildman–Crippen LogP) is 8.50. The highest BCUT2D eigenvalue weighted by molar-refractivity contribution is 6.35. The van der Waals surface area contributed by atoms with Crippen molar-refractivity contribution in [1.82, 2.24) is 5.01 Å². The Bertz CT molecular complexity index is 1210. The summed E-state index contributed by atoms with van der Waals surface area (Å²) in [7, 11) is 0. The van der Waals surface area contributed by atoms with Crippen LogP contribution in [-0.4, -0.2) is 17.3 Å². The van der Waals surface area contributed by atoms with E-state index in [0.29, 0.717) is 15.8 Å². The van der Waals surface area contributed by atoms with Crippen molar-refractivity contribution in [2.45, 2.75) is 58.2 Å². The third-order valence-corrected chi connectivity index (χ3v) is 7.12. The van der Waals surface area contributed by atoms with Crippen LogP contribution in [0.2, 0.25) is 10.0 Å². The quantitative estimate of drug-likeness (QED) is 0.286. The van der Waals surface area contributed by atoms with Crippen molar-refractivity contribution in [3.63, 3.8) is 0 Å². The number of ether oxygens (including phenoxy) is 2. The van der Waals surface area contributed by atoms with Crippen LogP contribution in [0, 0.1) is 6.92 Å². The molecule has 2 atom stereocenters. The topological polar surface area (TPSA) is 34.1 Å². The normalized spacial score (nSPS) is 18.5. The van der Waals surface area contributed by atoms with Gasteiger partial charge < -0.3 is 9.47 Å². The molecule has 0 aliphatic carbocycles. The molecule has 0 bridgehead atoms. The number of hydrazone groups is 1. The Labute approximate surface area is 217 Å². The lowest BCUT2D eigenvalue weighted by Gasteiger charge is -2.38. The molecule has 0 spiro atoms. The third kappa shape index (κ3) is 5.14. The van der Waals surface area contributed by atoms with E-state index < -0.39 is 6.23 Å². The minimum absolute atomic E-state index is 0.00857. The average Bonchev–Trinajstić information content (AvgIpc) is 3.30. The first kappa shape index (κ1) is 24.0. The average molecular weight is 509 g/mol. The minimum atomic E-state index is -0.396. The zero-order valence-electron chi connectivity index (χ0n) is 20.1. The Hall–Kier alpha value is -2.69. The molecule has 0 saturated carbocycles. The summed E-state index contributed by atoms with van der Waals surface area (Å²) in [6.07, 6.45) is 5.11. The van der Waals surface area contributed by atoms with Crippen LogP contribution in [0.15, 0.2) is 65.8 Å². The molecule has 2 heterocycles. The Morgan fingerprint density at radius 1 is 1.00 bits per heavy atom. The highest BCUT2D eigenvalue weighted by Crippen LogP contribution is 2.50. The van der Waals surface area contributed by atoms with Crippen LogP contribution in [-0.2, 0) is 0 Å². The van der Waals surface area contributed by atoms with Gasteiger partial charge in [-0.15, -0.1) is 0 Å². The van der Waals surface area contributed by atoms with Crippen LogP contribution >= 0.6 is 23.2 Å². The van der Waals surface area contributed by atoms with E-state index in [1.54, 1.807) is 6.07 Å². The predicted molar refractivity (Wildman–Crippen MR) is 143 cm³/mol. The molecule has 3 aromatic carbocycles. The molecule has 182 valence electrons. The van der Waals surface area contributed by atoms with Crippen LogP contribution in [0.25, 0.3) is 0 Å². The Morgan fingerprint density at radius 2 is 1.77 bits per heavy atom. The molecule has 0 aromatic heterocycles. The highest BCUT2D eigenvalue weighted by atomic mass is 35.5. The molecular formula is C29H30Cl2N2O2. The van der Waals surface area contributed by atoms with E-state index in [4.69, 9.17) is 37.8 Å². The van der Waals surface area contributed by atoms with Gasteiger partial charge in [-0.2, -0.15) is 5.10 Å². The fourth-order valence-corrected chi connectivity index (χ4v) is 5.26. The van der Waals surface area contributed by atoms with Crippen LogP contribution in [0.1, 0.15) is 73.6 Å². The van der Waals surface area contributed by atoms with E-state index in [0.717, 1.165) is 47.6 Å². The maximum atomic E-state index is 6.59. The zero-order valence-corrected chi connectivity index (χ0v) is 21.6. The van der Waals surface area contributed by atoms with Crippen LogP contribution in [0.3, 0.4) is 0 Å². The smallest absolute Gasteiger partial charge is 0.213 e. The van der Waals surface area contributed by atoms with Gasteiger partial charge in [-0.05, 0) is 55.3 Å². The summed E-state index contributed by atoms with van der Waals surface area (Å²) in [5, 5.41) is 8.20. The molecule has 2 aliphatic heterocycles. The van der Waals surface area contributed by atoms with Gasteiger partial charge in [0.15, 0.2) is 0 Å². The van der Waals surface area contributed by atoms with Crippen molar-refractivity contribution >= 4 is 28.9 Å². The Kier molecular flexibility index (Phi) is 7.22. The SMILES string of the molecule is CCCCCCOc1ccc([C@H]2Oc3c(Cl)cc(Cl)cc3[C@@H]3CC(c4ccc(C)cc4)=NN23)cc1. The Balaban J connectivity index is 1.43. The summed E-state index contributed by atoms with van der Waals surface area (Å²) >= 11 is 13.0. The number of rotatable bonds is 8. The molecule has 0 saturated heterocycles. The van der Waals surface area contributed by atoms with Crippen LogP contribution < -0.4 is 9.47 Å². The molecule has 0 N–H and O–H groups in total. The van der Waals surface area contributed by atoms with Gasteiger partial charge in [0.25, 0.3) is 0 Å². The van der Waals surface area contributed by atoms with E-state index in [9.17, 15) is 0 Å². The summed E-state index contributed by atoms with van der Waals surface area (Å²) in [6, 6.07) is 20.3. The zero-order chi connectivity index (χ0) is 24.4.